The van der Waals surface area contributed by atoms with Crippen molar-refractivity contribution in [2.75, 3.05) is 5.32 Å². The molecule has 0 spiro atoms. The van der Waals surface area contributed by atoms with Gasteiger partial charge in [0.25, 0.3) is 0 Å². The van der Waals surface area contributed by atoms with Gasteiger partial charge in [-0.3, -0.25) is 0 Å². The average Bonchev–Trinajstić information content (AvgIpc) is 2.23. The van der Waals surface area contributed by atoms with Crippen LogP contribution in [0.4, 0.5) is 10.1 Å². The normalized spacial score (nSPS) is 29.1. The van der Waals surface area contributed by atoms with Crippen molar-refractivity contribution in [1.29, 1.82) is 0 Å². The topological polar surface area (TPSA) is 21.3 Å². The predicted molar refractivity (Wildman–Crippen MR) is 67.8 cm³/mol. The van der Waals surface area contributed by atoms with Crippen molar-refractivity contribution in [3.05, 3.63) is 29.6 Å². The largest absolute Gasteiger partial charge is 0.382 e. The molecule has 0 aliphatic carbocycles. The maximum absolute atomic E-state index is 13.4. The van der Waals surface area contributed by atoms with Gasteiger partial charge in [-0.1, -0.05) is 6.07 Å². The Morgan fingerprint density at radius 3 is 2.53 bits per heavy atom. The third-order valence-electron chi connectivity index (χ3n) is 3.32. The van der Waals surface area contributed by atoms with Crippen molar-refractivity contribution in [1.82, 2.24) is 0 Å². The number of anilines is 1. The van der Waals surface area contributed by atoms with Crippen LogP contribution >= 0.6 is 0 Å². The minimum Gasteiger partial charge on any atom is -0.382 e. The van der Waals surface area contributed by atoms with Gasteiger partial charge in [0.05, 0.1) is 12.2 Å². The zero-order chi connectivity index (χ0) is 12.4. The highest BCUT2D eigenvalue weighted by Crippen LogP contribution is 2.25. The van der Waals surface area contributed by atoms with Gasteiger partial charge in [0.1, 0.15) is 5.82 Å². The Labute approximate surface area is 102 Å². The lowest BCUT2D eigenvalue weighted by atomic mass is 9.99. The molecule has 17 heavy (non-hydrogen) atoms. The van der Waals surface area contributed by atoms with E-state index in [1.54, 1.807) is 6.07 Å². The summed E-state index contributed by atoms with van der Waals surface area (Å²) in [6, 6.07) is 5.55. The molecule has 1 aliphatic rings. The zero-order valence-corrected chi connectivity index (χ0v) is 10.7. The molecule has 1 aliphatic heterocycles. The van der Waals surface area contributed by atoms with Crippen LogP contribution in [0.2, 0.25) is 0 Å². The second kappa shape index (κ2) is 5.05. The molecular formula is C14H20FNO. The molecule has 0 saturated carbocycles. The fraction of sp³-hybridized carbons (Fsp3) is 0.571. The van der Waals surface area contributed by atoms with Crippen LogP contribution in [0, 0.1) is 12.7 Å². The third-order valence-corrected chi connectivity index (χ3v) is 3.32. The number of hydrogen-bond acceptors (Lipinski definition) is 2. The lowest BCUT2D eigenvalue weighted by Gasteiger charge is -2.33. The molecular weight excluding hydrogens is 217 g/mol. The number of benzene rings is 1. The molecule has 2 atom stereocenters. The van der Waals surface area contributed by atoms with Gasteiger partial charge in [-0.05, 0) is 45.7 Å². The van der Waals surface area contributed by atoms with Gasteiger partial charge in [0.2, 0.25) is 0 Å². The second-order valence-corrected chi connectivity index (χ2v) is 4.98. The summed E-state index contributed by atoms with van der Waals surface area (Å²) < 4.78 is 19.1. The summed E-state index contributed by atoms with van der Waals surface area (Å²) in [6.07, 6.45) is 2.48. The van der Waals surface area contributed by atoms with E-state index in [4.69, 9.17) is 4.74 Å². The van der Waals surface area contributed by atoms with E-state index < -0.39 is 0 Å². The number of ether oxygens (including phenoxy) is 1. The fourth-order valence-corrected chi connectivity index (χ4v) is 2.51. The number of halogens is 1. The Morgan fingerprint density at radius 1 is 1.24 bits per heavy atom. The van der Waals surface area contributed by atoms with Crippen molar-refractivity contribution in [3.8, 4) is 0 Å². The van der Waals surface area contributed by atoms with Crippen LogP contribution in [0.3, 0.4) is 0 Å². The standard InChI is InChI=1S/C14H20FNO/c1-9-7-12(8-10(2)17-9)16-14-6-4-5-13(15)11(14)3/h4-6,9-10,12,16H,7-8H2,1-3H3. The highest BCUT2D eigenvalue weighted by Gasteiger charge is 2.24. The molecule has 1 heterocycles. The predicted octanol–water partition coefficient (Wildman–Crippen LogP) is 3.50. The Hall–Kier alpha value is -1.09. The van der Waals surface area contributed by atoms with Crippen LogP contribution in [0.15, 0.2) is 18.2 Å². The van der Waals surface area contributed by atoms with E-state index in [0.717, 1.165) is 18.5 Å². The van der Waals surface area contributed by atoms with E-state index in [9.17, 15) is 4.39 Å². The van der Waals surface area contributed by atoms with Gasteiger partial charge < -0.3 is 10.1 Å². The average molecular weight is 237 g/mol. The first-order valence-corrected chi connectivity index (χ1v) is 6.23. The number of rotatable bonds is 2. The Bertz CT molecular complexity index is 384. The van der Waals surface area contributed by atoms with Crippen molar-refractivity contribution >= 4 is 5.69 Å². The highest BCUT2D eigenvalue weighted by atomic mass is 19.1. The van der Waals surface area contributed by atoms with Crippen molar-refractivity contribution in [2.24, 2.45) is 0 Å². The third kappa shape index (κ3) is 2.97. The van der Waals surface area contributed by atoms with Crippen LogP contribution in [-0.4, -0.2) is 18.2 Å². The molecule has 0 amide bonds. The van der Waals surface area contributed by atoms with Gasteiger partial charge >= 0.3 is 0 Å². The molecule has 2 nitrogen and oxygen atoms in total. The minimum absolute atomic E-state index is 0.150. The minimum atomic E-state index is -0.150. The molecule has 94 valence electrons. The van der Waals surface area contributed by atoms with Crippen LogP contribution in [-0.2, 0) is 4.74 Å². The van der Waals surface area contributed by atoms with E-state index in [-0.39, 0.29) is 18.0 Å². The molecule has 1 aromatic rings. The molecule has 0 bridgehead atoms. The van der Waals surface area contributed by atoms with E-state index in [2.05, 4.69) is 19.2 Å². The fourth-order valence-electron chi connectivity index (χ4n) is 2.51. The molecule has 0 radical (unpaired) electrons. The van der Waals surface area contributed by atoms with Gasteiger partial charge in [0.15, 0.2) is 0 Å². The van der Waals surface area contributed by atoms with E-state index >= 15 is 0 Å². The van der Waals surface area contributed by atoms with Gasteiger partial charge in [-0.15, -0.1) is 0 Å². The van der Waals surface area contributed by atoms with E-state index in [1.165, 1.54) is 6.07 Å². The highest BCUT2D eigenvalue weighted by molar-refractivity contribution is 5.51. The Balaban J connectivity index is 2.07. The maximum Gasteiger partial charge on any atom is 0.128 e. The van der Waals surface area contributed by atoms with Gasteiger partial charge in [-0.2, -0.15) is 0 Å². The maximum atomic E-state index is 13.4. The molecule has 1 saturated heterocycles. The van der Waals surface area contributed by atoms with Crippen LogP contribution in [0.5, 0.6) is 0 Å². The van der Waals surface area contributed by atoms with Crippen molar-refractivity contribution in [3.63, 3.8) is 0 Å². The second-order valence-electron chi connectivity index (χ2n) is 4.98. The summed E-state index contributed by atoms with van der Waals surface area (Å²) in [4.78, 5) is 0. The first-order valence-electron chi connectivity index (χ1n) is 6.23. The van der Waals surface area contributed by atoms with E-state index in [0.29, 0.717) is 11.6 Å². The first-order chi connectivity index (χ1) is 8.06. The summed E-state index contributed by atoms with van der Waals surface area (Å²) in [5.74, 6) is -0.150. The van der Waals surface area contributed by atoms with Crippen molar-refractivity contribution in [2.45, 2.75) is 51.9 Å². The van der Waals surface area contributed by atoms with Gasteiger partial charge in [-0.25, -0.2) is 4.39 Å². The molecule has 1 aromatic carbocycles. The number of hydrogen-bond donors (Lipinski definition) is 1. The van der Waals surface area contributed by atoms with Crippen LogP contribution in [0.25, 0.3) is 0 Å². The quantitative estimate of drug-likeness (QED) is 0.850. The molecule has 2 unspecified atom stereocenters. The monoisotopic (exact) mass is 237 g/mol. The summed E-state index contributed by atoms with van der Waals surface area (Å²) in [6.45, 7) is 5.98. The van der Waals surface area contributed by atoms with E-state index in [1.807, 2.05) is 13.0 Å². The molecule has 2 rings (SSSR count). The lowest BCUT2D eigenvalue weighted by molar-refractivity contribution is -0.0337. The van der Waals surface area contributed by atoms with Crippen LogP contribution < -0.4 is 5.32 Å². The van der Waals surface area contributed by atoms with Crippen molar-refractivity contribution < 1.29 is 9.13 Å². The molecule has 3 heteroatoms. The molecule has 1 fully saturated rings. The summed E-state index contributed by atoms with van der Waals surface area (Å²) in [5, 5.41) is 3.43. The SMILES string of the molecule is Cc1c(F)cccc1NC1CC(C)OC(C)C1. The lowest BCUT2D eigenvalue weighted by Crippen LogP contribution is -2.37. The smallest absolute Gasteiger partial charge is 0.128 e. The summed E-state index contributed by atoms with van der Waals surface area (Å²) >= 11 is 0. The summed E-state index contributed by atoms with van der Waals surface area (Å²) in [7, 11) is 0. The number of nitrogens with one attached hydrogen (secondary N) is 1. The van der Waals surface area contributed by atoms with Crippen LogP contribution in [0.1, 0.15) is 32.3 Å². The summed E-state index contributed by atoms with van der Waals surface area (Å²) in [5.41, 5.74) is 1.59. The first kappa shape index (κ1) is 12.4. The Morgan fingerprint density at radius 2 is 1.88 bits per heavy atom. The van der Waals surface area contributed by atoms with Gasteiger partial charge in [0, 0.05) is 17.3 Å². The zero-order valence-electron chi connectivity index (χ0n) is 10.7. The molecule has 1 N–H and O–H groups in total. The Kier molecular flexibility index (Phi) is 3.67. The molecule has 0 aromatic heterocycles.